The van der Waals surface area contributed by atoms with Gasteiger partial charge in [-0.15, -0.1) is 0 Å². The van der Waals surface area contributed by atoms with Gasteiger partial charge in [0.25, 0.3) is 0 Å². The second-order valence-electron chi connectivity index (χ2n) is 5.80. The average Bonchev–Trinajstić information content (AvgIpc) is 2.83. The van der Waals surface area contributed by atoms with E-state index in [9.17, 15) is 14.7 Å². The smallest absolute Gasteiger partial charge is 0.323 e. The van der Waals surface area contributed by atoms with E-state index in [1.165, 1.54) is 14.2 Å². The van der Waals surface area contributed by atoms with E-state index in [-0.39, 0.29) is 18.4 Å². The lowest BCUT2D eigenvalue weighted by Gasteiger charge is -2.23. The number of methoxy groups -OCH3 is 2. The molecule has 2 atom stereocenters. The van der Waals surface area contributed by atoms with Gasteiger partial charge < -0.3 is 14.6 Å². The average molecular weight is 294 g/mol. The summed E-state index contributed by atoms with van der Waals surface area (Å²) in [7, 11) is 2.57. The van der Waals surface area contributed by atoms with Gasteiger partial charge in [0.05, 0.1) is 14.2 Å². The fourth-order valence-corrected chi connectivity index (χ4v) is 3.49. The summed E-state index contributed by atoms with van der Waals surface area (Å²) in [5.74, 6) is -1.01. The van der Waals surface area contributed by atoms with E-state index in [0.717, 1.165) is 17.6 Å². The molecule has 0 aromatic carbocycles. The van der Waals surface area contributed by atoms with Gasteiger partial charge >= 0.3 is 11.9 Å². The Labute approximate surface area is 124 Å². The monoisotopic (exact) mass is 294 g/mol. The van der Waals surface area contributed by atoms with Gasteiger partial charge in [-0.1, -0.05) is 23.3 Å². The van der Waals surface area contributed by atoms with Crippen molar-refractivity contribution >= 4 is 11.9 Å². The van der Waals surface area contributed by atoms with Gasteiger partial charge in [-0.3, -0.25) is 9.59 Å². The van der Waals surface area contributed by atoms with Crippen molar-refractivity contribution in [3.63, 3.8) is 0 Å². The van der Waals surface area contributed by atoms with Crippen LogP contribution in [0, 0.1) is 17.3 Å². The van der Waals surface area contributed by atoms with E-state index in [4.69, 9.17) is 9.47 Å². The summed E-state index contributed by atoms with van der Waals surface area (Å²) in [4.78, 5) is 24.4. The molecule has 0 aliphatic heterocycles. The largest absolute Gasteiger partial charge is 0.468 e. The van der Waals surface area contributed by atoms with Crippen LogP contribution in [0.15, 0.2) is 23.3 Å². The van der Waals surface area contributed by atoms with Crippen LogP contribution in [0.5, 0.6) is 0 Å². The highest BCUT2D eigenvalue weighted by molar-refractivity contribution is 6.01. The van der Waals surface area contributed by atoms with Gasteiger partial charge in [-0.25, -0.2) is 0 Å². The molecule has 1 fully saturated rings. The number of carbonyl (C=O) groups excluding carboxylic acids is 2. The van der Waals surface area contributed by atoms with Crippen molar-refractivity contribution in [1.82, 2.24) is 0 Å². The molecule has 2 aliphatic rings. The SMILES string of the molecule is COC(=O)C1(C(=O)OC)CC2=C(C)[C@H](CO)CC=C[C@H]2C1. The third-order valence-electron chi connectivity index (χ3n) is 4.79. The van der Waals surface area contributed by atoms with Crippen LogP contribution >= 0.6 is 0 Å². The van der Waals surface area contributed by atoms with Crippen molar-refractivity contribution < 1.29 is 24.2 Å². The molecule has 0 saturated heterocycles. The Morgan fingerprint density at radius 1 is 1.33 bits per heavy atom. The van der Waals surface area contributed by atoms with Crippen LogP contribution in [0.3, 0.4) is 0 Å². The van der Waals surface area contributed by atoms with Gasteiger partial charge in [-0.05, 0) is 32.1 Å². The normalized spacial score (nSPS) is 27.0. The van der Waals surface area contributed by atoms with E-state index in [1.54, 1.807) is 0 Å². The maximum Gasteiger partial charge on any atom is 0.323 e. The van der Waals surface area contributed by atoms with Crippen LogP contribution < -0.4 is 0 Å². The van der Waals surface area contributed by atoms with Gasteiger partial charge in [0.1, 0.15) is 0 Å². The van der Waals surface area contributed by atoms with Crippen LogP contribution in [0.1, 0.15) is 26.2 Å². The molecule has 0 spiro atoms. The van der Waals surface area contributed by atoms with E-state index in [2.05, 4.69) is 0 Å². The Morgan fingerprint density at radius 2 is 1.95 bits per heavy atom. The number of hydrogen-bond donors (Lipinski definition) is 1. The summed E-state index contributed by atoms with van der Waals surface area (Å²) in [5, 5.41) is 9.50. The first kappa shape index (κ1) is 15.8. The predicted octanol–water partition coefficient (Wildman–Crippen LogP) is 1.61. The number of ether oxygens (including phenoxy) is 2. The molecule has 1 N–H and O–H groups in total. The van der Waals surface area contributed by atoms with Crippen molar-refractivity contribution in [3.05, 3.63) is 23.3 Å². The first-order valence-electron chi connectivity index (χ1n) is 7.14. The minimum absolute atomic E-state index is 0.0275. The second kappa shape index (κ2) is 6.02. The molecule has 21 heavy (non-hydrogen) atoms. The highest BCUT2D eigenvalue weighted by Gasteiger charge is 2.55. The molecule has 0 radical (unpaired) electrons. The van der Waals surface area contributed by atoms with Crippen LogP contribution in [-0.2, 0) is 19.1 Å². The molecule has 2 rings (SSSR count). The topological polar surface area (TPSA) is 72.8 Å². The molecule has 2 aliphatic carbocycles. The number of carbonyl (C=O) groups is 2. The molecule has 0 unspecified atom stereocenters. The maximum absolute atomic E-state index is 12.2. The van der Waals surface area contributed by atoms with Crippen molar-refractivity contribution in [3.8, 4) is 0 Å². The highest BCUT2D eigenvalue weighted by atomic mass is 16.5. The van der Waals surface area contributed by atoms with E-state index < -0.39 is 17.4 Å². The van der Waals surface area contributed by atoms with Gasteiger partial charge in [0, 0.05) is 12.5 Å². The minimum Gasteiger partial charge on any atom is -0.468 e. The lowest BCUT2D eigenvalue weighted by atomic mass is 9.84. The summed E-state index contributed by atoms with van der Waals surface area (Å²) in [6.07, 6.45) is 5.51. The van der Waals surface area contributed by atoms with Crippen molar-refractivity contribution in [2.24, 2.45) is 17.3 Å². The Hall–Kier alpha value is -1.62. The van der Waals surface area contributed by atoms with Crippen molar-refractivity contribution in [2.45, 2.75) is 26.2 Å². The Bertz CT molecular complexity index is 487. The van der Waals surface area contributed by atoms with Gasteiger partial charge in [0.15, 0.2) is 5.41 Å². The molecular weight excluding hydrogens is 272 g/mol. The standard InChI is InChI=1S/C16H22O5/c1-10-12(9-17)6-4-5-11-7-16(8-13(10)11,14(18)20-2)15(19)21-3/h4-5,11-12,17H,6-9H2,1-3H3/t11-,12-/m0/s1. The number of aliphatic hydroxyl groups is 1. The third kappa shape index (κ3) is 2.50. The zero-order chi connectivity index (χ0) is 15.6. The van der Waals surface area contributed by atoms with Crippen LogP contribution in [0.2, 0.25) is 0 Å². The zero-order valence-electron chi connectivity index (χ0n) is 12.7. The van der Waals surface area contributed by atoms with Gasteiger partial charge in [0.2, 0.25) is 0 Å². The number of hydrogen-bond acceptors (Lipinski definition) is 5. The number of allylic oxidation sites excluding steroid dienone is 3. The molecule has 0 aromatic rings. The second-order valence-corrected chi connectivity index (χ2v) is 5.80. The van der Waals surface area contributed by atoms with E-state index >= 15 is 0 Å². The van der Waals surface area contributed by atoms with Crippen LogP contribution in [0.25, 0.3) is 0 Å². The first-order valence-corrected chi connectivity index (χ1v) is 7.14. The lowest BCUT2D eigenvalue weighted by molar-refractivity contribution is -0.168. The van der Waals surface area contributed by atoms with Crippen LogP contribution in [-0.4, -0.2) is 37.9 Å². The molecule has 5 heteroatoms. The predicted molar refractivity (Wildman–Crippen MR) is 76.2 cm³/mol. The molecule has 5 nitrogen and oxygen atoms in total. The number of rotatable bonds is 3. The number of fused-ring (bicyclic) bond motifs is 1. The maximum atomic E-state index is 12.2. The Morgan fingerprint density at radius 3 is 2.48 bits per heavy atom. The minimum atomic E-state index is -1.26. The fraction of sp³-hybridized carbons (Fsp3) is 0.625. The molecule has 1 saturated carbocycles. The summed E-state index contributed by atoms with van der Waals surface area (Å²) in [6.45, 7) is 2.04. The summed E-state index contributed by atoms with van der Waals surface area (Å²) in [6, 6.07) is 0. The highest BCUT2D eigenvalue weighted by Crippen LogP contribution is 2.50. The summed E-state index contributed by atoms with van der Waals surface area (Å²) >= 11 is 0. The molecule has 116 valence electrons. The Kier molecular flexibility index (Phi) is 4.52. The molecule has 0 aromatic heterocycles. The summed E-state index contributed by atoms with van der Waals surface area (Å²) < 4.78 is 9.70. The van der Waals surface area contributed by atoms with Crippen LogP contribution in [0.4, 0.5) is 0 Å². The number of aliphatic hydroxyl groups excluding tert-OH is 1. The zero-order valence-corrected chi connectivity index (χ0v) is 12.7. The number of esters is 2. The molecule has 0 amide bonds. The first-order chi connectivity index (χ1) is 10.00. The fourth-order valence-electron chi connectivity index (χ4n) is 3.49. The summed E-state index contributed by atoms with van der Waals surface area (Å²) in [5.41, 5.74) is 0.868. The third-order valence-corrected chi connectivity index (χ3v) is 4.79. The molecule has 0 heterocycles. The lowest BCUT2D eigenvalue weighted by Crippen LogP contribution is -2.39. The van der Waals surface area contributed by atoms with Crippen molar-refractivity contribution in [1.29, 1.82) is 0 Å². The quantitative estimate of drug-likeness (QED) is 0.486. The van der Waals surface area contributed by atoms with E-state index in [0.29, 0.717) is 12.8 Å². The van der Waals surface area contributed by atoms with Crippen molar-refractivity contribution in [2.75, 3.05) is 20.8 Å². The van der Waals surface area contributed by atoms with E-state index in [1.807, 2.05) is 19.1 Å². The Balaban J connectivity index is 2.45. The molecule has 0 bridgehead atoms. The molecular formula is C16H22O5. The van der Waals surface area contributed by atoms with Gasteiger partial charge in [-0.2, -0.15) is 0 Å².